The summed E-state index contributed by atoms with van der Waals surface area (Å²) in [6.45, 7) is 2.67. The Bertz CT molecular complexity index is 399. The lowest BCUT2D eigenvalue weighted by atomic mass is 10.0. The van der Waals surface area contributed by atoms with Crippen LogP contribution in [-0.4, -0.2) is 30.1 Å². The van der Waals surface area contributed by atoms with Gasteiger partial charge in [-0.15, -0.1) is 11.3 Å². The van der Waals surface area contributed by atoms with Gasteiger partial charge in [0.25, 0.3) is 0 Å². The molecule has 0 bridgehead atoms. The van der Waals surface area contributed by atoms with Crippen LogP contribution >= 0.6 is 11.3 Å². The number of hydrogen-bond acceptors (Lipinski definition) is 3. The molecule has 3 heterocycles. The predicted molar refractivity (Wildman–Crippen MR) is 75.9 cm³/mol. The van der Waals surface area contributed by atoms with Gasteiger partial charge in [-0.25, -0.2) is 0 Å². The highest BCUT2D eigenvalue weighted by molar-refractivity contribution is 7.10. The molecule has 3 fully saturated rings. The van der Waals surface area contributed by atoms with Crippen LogP contribution in [0.3, 0.4) is 0 Å². The first-order chi connectivity index (χ1) is 8.92. The minimum atomic E-state index is 0.649. The van der Waals surface area contributed by atoms with E-state index >= 15 is 0 Å². The van der Waals surface area contributed by atoms with Gasteiger partial charge in [0, 0.05) is 29.5 Å². The van der Waals surface area contributed by atoms with Crippen molar-refractivity contribution in [2.75, 3.05) is 13.1 Å². The number of fused-ring (bicyclic) bond motifs is 1. The average molecular weight is 262 g/mol. The van der Waals surface area contributed by atoms with Crippen molar-refractivity contribution in [3.05, 3.63) is 22.4 Å². The molecular formula is C15H22N2S. The second kappa shape index (κ2) is 4.62. The van der Waals surface area contributed by atoms with E-state index in [1.54, 1.807) is 4.88 Å². The summed E-state index contributed by atoms with van der Waals surface area (Å²) in [7, 11) is 0. The third kappa shape index (κ3) is 2.02. The molecule has 3 unspecified atom stereocenters. The molecule has 1 aromatic heterocycles. The summed E-state index contributed by atoms with van der Waals surface area (Å²) in [5, 5.41) is 6.25. The van der Waals surface area contributed by atoms with E-state index in [1.165, 1.54) is 45.2 Å². The van der Waals surface area contributed by atoms with Crippen molar-refractivity contribution >= 4 is 11.3 Å². The molecule has 4 rings (SSSR count). The molecule has 0 amide bonds. The molecule has 98 valence electrons. The van der Waals surface area contributed by atoms with Crippen molar-refractivity contribution in [1.29, 1.82) is 0 Å². The van der Waals surface area contributed by atoms with Crippen molar-refractivity contribution in [1.82, 2.24) is 10.2 Å². The highest BCUT2D eigenvalue weighted by atomic mass is 32.1. The summed E-state index contributed by atoms with van der Waals surface area (Å²) < 4.78 is 0. The van der Waals surface area contributed by atoms with E-state index in [9.17, 15) is 0 Å². The van der Waals surface area contributed by atoms with Crippen LogP contribution in [0.4, 0.5) is 0 Å². The van der Waals surface area contributed by atoms with E-state index in [4.69, 9.17) is 0 Å². The molecule has 18 heavy (non-hydrogen) atoms. The monoisotopic (exact) mass is 262 g/mol. The molecule has 1 saturated carbocycles. The molecule has 1 N–H and O–H groups in total. The Morgan fingerprint density at radius 2 is 2.17 bits per heavy atom. The molecule has 1 aliphatic carbocycles. The Hall–Kier alpha value is -0.380. The summed E-state index contributed by atoms with van der Waals surface area (Å²) in [5.41, 5.74) is 0. The quantitative estimate of drug-likeness (QED) is 0.897. The maximum Gasteiger partial charge on any atom is 0.0446 e. The van der Waals surface area contributed by atoms with Crippen LogP contribution in [0.15, 0.2) is 17.5 Å². The van der Waals surface area contributed by atoms with Crippen LogP contribution in [0.25, 0.3) is 0 Å². The summed E-state index contributed by atoms with van der Waals surface area (Å²) in [6.07, 6.45) is 7.04. The Morgan fingerprint density at radius 1 is 1.22 bits per heavy atom. The maximum absolute atomic E-state index is 4.02. The molecule has 2 saturated heterocycles. The van der Waals surface area contributed by atoms with Crippen LogP contribution in [0.5, 0.6) is 0 Å². The fourth-order valence-corrected chi connectivity index (χ4v) is 4.73. The van der Waals surface area contributed by atoms with Crippen LogP contribution in [-0.2, 0) is 0 Å². The zero-order valence-corrected chi connectivity index (χ0v) is 11.7. The number of hydrogen-bond donors (Lipinski definition) is 1. The SMILES string of the molecule is c1csc(C(NC2CCN3CCCC23)C2CC2)c1. The largest absolute Gasteiger partial charge is 0.305 e. The first kappa shape index (κ1) is 11.4. The van der Waals surface area contributed by atoms with Crippen molar-refractivity contribution in [2.45, 2.75) is 50.2 Å². The Labute approximate surface area is 113 Å². The lowest BCUT2D eigenvalue weighted by Crippen LogP contribution is -2.41. The lowest BCUT2D eigenvalue weighted by Gasteiger charge is -2.26. The molecule has 2 nitrogen and oxygen atoms in total. The second-order valence-corrected chi connectivity index (χ2v) is 7.12. The van der Waals surface area contributed by atoms with Gasteiger partial charge in [-0.2, -0.15) is 0 Å². The van der Waals surface area contributed by atoms with Gasteiger partial charge in [0.1, 0.15) is 0 Å². The zero-order chi connectivity index (χ0) is 11.9. The van der Waals surface area contributed by atoms with E-state index in [0.29, 0.717) is 6.04 Å². The first-order valence-corrected chi connectivity index (χ1v) is 8.33. The van der Waals surface area contributed by atoms with Gasteiger partial charge in [-0.3, -0.25) is 4.90 Å². The fourth-order valence-electron chi connectivity index (χ4n) is 3.86. The number of nitrogens with one attached hydrogen (secondary N) is 1. The molecule has 0 spiro atoms. The normalized spacial score (nSPS) is 33.8. The zero-order valence-electron chi connectivity index (χ0n) is 10.8. The Balaban J connectivity index is 1.48. The summed E-state index contributed by atoms with van der Waals surface area (Å²) in [5.74, 6) is 0.916. The van der Waals surface area contributed by atoms with E-state index < -0.39 is 0 Å². The smallest absolute Gasteiger partial charge is 0.0446 e. The highest BCUT2D eigenvalue weighted by Gasteiger charge is 2.41. The Morgan fingerprint density at radius 3 is 2.94 bits per heavy atom. The minimum absolute atomic E-state index is 0.649. The van der Waals surface area contributed by atoms with Gasteiger partial charge in [-0.1, -0.05) is 6.07 Å². The topological polar surface area (TPSA) is 15.3 Å². The van der Waals surface area contributed by atoms with Crippen LogP contribution in [0.1, 0.15) is 43.0 Å². The molecule has 1 aromatic rings. The number of rotatable bonds is 4. The fraction of sp³-hybridized carbons (Fsp3) is 0.733. The van der Waals surface area contributed by atoms with Gasteiger partial charge in [0.2, 0.25) is 0 Å². The van der Waals surface area contributed by atoms with Gasteiger partial charge >= 0.3 is 0 Å². The molecule has 3 atom stereocenters. The predicted octanol–water partition coefficient (Wildman–Crippen LogP) is 3.03. The number of thiophene rings is 1. The van der Waals surface area contributed by atoms with Gasteiger partial charge < -0.3 is 5.32 Å². The third-order valence-electron chi connectivity index (χ3n) is 4.94. The standard InChI is InChI=1S/C15H22N2S/c1-3-13-12(7-9-17(13)8-1)16-15(11-5-6-11)14-4-2-10-18-14/h2,4,10-13,15-16H,1,3,5-9H2. The summed E-state index contributed by atoms with van der Waals surface area (Å²) in [4.78, 5) is 4.27. The molecular weight excluding hydrogens is 240 g/mol. The highest BCUT2D eigenvalue weighted by Crippen LogP contribution is 2.43. The van der Waals surface area contributed by atoms with E-state index in [0.717, 1.165) is 18.0 Å². The van der Waals surface area contributed by atoms with Crippen LogP contribution < -0.4 is 5.32 Å². The summed E-state index contributed by atoms with van der Waals surface area (Å²) in [6, 6.07) is 6.76. The molecule has 2 aliphatic heterocycles. The third-order valence-corrected chi connectivity index (χ3v) is 5.90. The molecule has 0 radical (unpaired) electrons. The van der Waals surface area contributed by atoms with Crippen molar-refractivity contribution < 1.29 is 0 Å². The van der Waals surface area contributed by atoms with Crippen molar-refractivity contribution in [3.8, 4) is 0 Å². The number of nitrogens with zero attached hydrogens (tertiary/aromatic N) is 1. The second-order valence-electron chi connectivity index (χ2n) is 6.14. The minimum Gasteiger partial charge on any atom is -0.305 e. The van der Waals surface area contributed by atoms with E-state index in [1.807, 2.05) is 11.3 Å². The Kier molecular flexibility index (Phi) is 2.94. The van der Waals surface area contributed by atoms with Crippen molar-refractivity contribution in [3.63, 3.8) is 0 Å². The average Bonchev–Trinajstić information content (AvgIpc) is 2.83. The molecule has 3 heteroatoms. The van der Waals surface area contributed by atoms with E-state index in [2.05, 4.69) is 27.7 Å². The van der Waals surface area contributed by atoms with Crippen LogP contribution in [0.2, 0.25) is 0 Å². The molecule has 3 aliphatic rings. The van der Waals surface area contributed by atoms with E-state index in [-0.39, 0.29) is 0 Å². The van der Waals surface area contributed by atoms with Gasteiger partial charge in [0.05, 0.1) is 0 Å². The van der Waals surface area contributed by atoms with Gasteiger partial charge in [0.15, 0.2) is 0 Å². The van der Waals surface area contributed by atoms with Crippen molar-refractivity contribution in [2.24, 2.45) is 5.92 Å². The van der Waals surface area contributed by atoms with Crippen LogP contribution in [0, 0.1) is 5.92 Å². The first-order valence-electron chi connectivity index (χ1n) is 7.45. The maximum atomic E-state index is 4.02. The summed E-state index contributed by atoms with van der Waals surface area (Å²) >= 11 is 1.93. The lowest BCUT2D eigenvalue weighted by molar-refractivity contribution is 0.284. The van der Waals surface area contributed by atoms with Gasteiger partial charge in [-0.05, 0) is 56.0 Å². The molecule has 0 aromatic carbocycles.